The molecular formula is C13H16O2. The second-order valence-electron chi connectivity index (χ2n) is 4.09. The number of hydrogen-bond donors (Lipinski definition) is 0. The summed E-state index contributed by atoms with van der Waals surface area (Å²) >= 11 is 0. The van der Waals surface area contributed by atoms with Crippen LogP contribution in [0.25, 0.3) is 0 Å². The highest BCUT2D eigenvalue weighted by Crippen LogP contribution is 2.32. The van der Waals surface area contributed by atoms with Crippen molar-refractivity contribution in [3.05, 3.63) is 29.3 Å². The van der Waals surface area contributed by atoms with Crippen LogP contribution in [0, 0.1) is 6.92 Å². The predicted molar refractivity (Wildman–Crippen MR) is 59.2 cm³/mol. The molecule has 1 atom stereocenters. The number of ether oxygens (including phenoxy) is 1. The summed E-state index contributed by atoms with van der Waals surface area (Å²) in [6, 6.07) is 6.08. The fourth-order valence-corrected chi connectivity index (χ4v) is 2.01. The summed E-state index contributed by atoms with van der Waals surface area (Å²) in [6.07, 6.45) is 2.03. The lowest BCUT2D eigenvalue weighted by Crippen LogP contribution is -2.24. The summed E-state index contributed by atoms with van der Waals surface area (Å²) in [7, 11) is 0. The standard InChI is InChI=1S/C13H16O2/c1-3-5-11(14)12-8-10-7-4-6-9(2)13(10)15-12/h4,6-7,12H,3,5,8H2,1-2H3. The van der Waals surface area contributed by atoms with Gasteiger partial charge in [0.2, 0.25) is 0 Å². The zero-order chi connectivity index (χ0) is 10.8. The van der Waals surface area contributed by atoms with Crippen molar-refractivity contribution in [3.8, 4) is 5.75 Å². The lowest BCUT2D eigenvalue weighted by molar-refractivity contribution is -0.125. The van der Waals surface area contributed by atoms with Crippen LogP contribution >= 0.6 is 0 Å². The van der Waals surface area contributed by atoms with E-state index in [4.69, 9.17) is 4.74 Å². The third-order valence-electron chi connectivity index (χ3n) is 2.81. The van der Waals surface area contributed by atoms with Gasteiger partial charge >= 0.3 is 0 Å². The molecule has 2 rings (SSSR count). The van der Waals surface area contributed by atoms with Crippen LogP contribution in [0.5, 0.6) is 5.75 Å². The molecule has 0 N–H and O–H groups in total. The van der Waals surface area contributed by atoms with Crippen LogP contribution in [0.2, 0.25) is 0 Å². The Kier molecular flexibility index (Phi) is 2.76. The van der Waals surface area contributed by atoms with Gasteiger partial charge in [0, 0.05) is 12.8 Å². The molecule has 1 aromatic carbocycles. The Morgan fingerprint density at radius 1 is 1.53 bits per heavy atom. The van der Waals surface area contributed by atoms with E-state index in [9.17, 15) is 4.79 Å². The lowest BCUT2D eigenvalue weighted by Gasteiger charge is -2.09. The molecule has 0 radical (unpaired) electrons. The largest absolute Gasteiger partial charge is 0.482 e. The molecule has 1 aliphatic heterocycles. The Morgan fingerprint density at radius 3 is 3.00 bits per heavy atom. The average molecular weight is 204 g/mol. The zero-order valence-corrected chi connectivity index (χ0v) is 9.25. The minimum atomic E-state index is -0.235. The third-order valence-corrected chi connectivity index (χ3v) is 2.81. The number of benzene rings is 1. The highest BCUT2D eigenvalue weighted by molar-refractivity contribution is 5.84. The molecule has 2 heteroatoms. The summed E-state index contributed by atoms with van der Waals surface area (Å²) in [5.74, 6) is 1.15. The van der Waals surface area contributed by atoms with Crippen molar-refractivity contribution in [2.45, 2.75) is 39.2 Å². The fourth-order valence-electron chi connectivity index (χ4n) is 2.01. The molecule has 0 bridgehead atoms. The number of fused-ring (bicyclic) bond motifs is 1. The average Bonchev–Trinajstić information content (AvgIpc) is 2.63. The maximum Gasteiger partial charge on any atom is 0.173 e. The fraction of sp³-hybridized carbons (Fsp3) is 0.462. The van der Waals surface area contributed by atoms with E-state index in [0.29, 0.717) is 6.42 Å². The Morgan fingerprint density at radius 2 is 2.33 bits per heavy atom. The molecule has 1 heterocycles. The van der Waals surface area contributed by atoms with Crippen molar-refractivity contribution in [1.29, 1.82) is 0 Å². The summed E-state index contributed by atoms with van der Waals surface area (Å²) in [4.78, 5) is 11.7. The van der Waals surface area contributed by atoms with Crippen LogP contribution in [0.15, 0.2) is 18.2 Å². The minimum absolute atomic E-state index is 0.230. The number of carbonyl (C=O) groups excluding carboxylic acids is 1. The van der Waals surface area contributed by atoms with Crippen molar-refractivity contribution in [1.82, 2.24) is 0 Å². The molecule has 0 amide bonds. The normalized spacial score (nSPS) is 18.4. The summed E-state index contributed by atoms with van der Waals surface area (Å²) in [5.41, 5.74) is 2.30. The van der Waals surface area contributed by atoms with Gasteiger partial charge in [0.05, 0.1) is 0 Å². The number of para-hydroxylation sites is 1. The molecule has 1 aliphatic rings. The van der Waals surface area contributed by atoms with E-state index in [0.717, 1.165) is 24.2 Å². The van der Waals surface area contributed by atoms with Gasteiger partial charge < -0.3 is 4.74 Å². The van der Waals surface area contributed by atoms with Gasteiger partial charge in [0.15, 0.2) is 11.9 Å². The zero-order valence-electron chi connectivity index (χ0n) is 9.25. The van der Waals surface area contributed by atoms with Crippen molar-refractivity contribution in [2.75, 3.05) is 0 Å². The SMILES string of the molecule is CCCC(=O)C1Cc2cccc(C)c2O1. The Labute approximate surface area is 90.3 Å². The first-order valence-electron chi connectivity index (χ1n) is 5.50. The van der Waals surface area contributed by atoms with Gasteiger partial charge in [-0.2, -0.15) is 0 Å². The topological polar surface area (TPSA) is 26.3 Å². The number of ketones is 1. The van der Waals surface area contributed by atoms with Crippen molar-refractivity contribution >= 4 is 5.78 Å². The molecule has 0 fully saturated rings. The molecule has 1 aromatic rings. The summed E-state index contributed by atoms with van der Waals surface area (Å²) in [6.45, 7) is 4.04. The first kappa shape index (κ1) is 10.2. The van der Waals surface area contributed by atoms with Gasteiger partial charge in [0.1, 0.15) is 5.75 Å². The third kappa shape index (κ3) is 1.89. The Hall–Kier alpha value is -1.31. The Balaban J connectivity index is 2.15. The monoisotopic (exact) mass is 204 g/mol. The second kappa shape index (κ2) is 4.05. The van der Waals surface area contributed by atoms with E-state index in [1.54, 1.807) is 0 Å². The number of Topliss-reactive ketones (excluding diaryl/α,β-unsaturated/α-hetero) is 1. The maximum absolute atomic E-state index is 11.7. The molecule has 0 aliphatic carbocycles. The van der Waals surface area contributed by atoms with Gasteiger partial charge in [0.25, 0.3) is 0 Å². The molecule has 0 saturated carbocycles. The summed E-state index contributed by atoms with van der Waals surface area (Å²) in [5, 5.41) is 0. The van der Waals surface area contributed by atoms with Gasteiger partial charge in [-0.3, -0.25) is 4.79 Å². The summed E-state index contributed by atoms with van der Waals surface area (Å²) < 4.78 is 5.70. The highest BCUT2D eigenvalue weighted by Gasteiger charge is 2.28. The van der Waals surface area contributed by atoms with Crippen LogP contribution in [0.4, 0.5) is 0 Å². The highest BCUT2D eigenvalue weighted by atomic mass is 16.5. The van der Waals surface area contributed by atoms with Crippen molar-refractivity contribution < 1.29 is 9.53 Å². The first-order chi connectivity index (χ1) is 7.22. The molecule has 0 aromatic heterocycles. The molecule has 0 spiro atoms. The first-order valence-corrected chi connectivity index (χ1v) is 5.50. The molecular weight excluding hydrogens is 188 g/mol. The Bertz CT molecular complexity index is 382. The van der Waals surface area contributed by atoms with Gasteiger partial charge in [-0.15, -0.1) is 0 Å². The van der Waals surface area contributed by atoms with Crippen LogP contribution in [0.3, 0.4) is 0 Å². The van der Waals surface area contributed by atoms with E-state index >= 15 is 0 Å². The minimum Gasteiger partial charge on any atom is -0.482 e. The number of aryl methyl sites for hydroxylation is 1. The molecule has 1 unspecified atom stereocenters. The molecule has 15 heavy (non-hydrogen) atoms. The number of rotatable bonds is 3. The van der Waals surface area contributed by atoms with E-state index in [1.807, 2.05) is 32.0 Å². The maximum atomic E-state index is 11.7. The number of hydrogen-bond acceptors (Lipinski definition) is 2. The van der Waals surface area contributed by atoms with Crippen LogP contribution in [-0.2, 0) is 11.2 Å². The van der Waals surface area contributed by atoms with E-state index < -0.39 is 0 Å². The van der Waals surface area contributed by atoms with Crippen molar-refractivity contribution in [2.24, 2.45) is 0 Å². The van der Waals surface area contributed by atoms with Crippen LogP contribution in [0.1, 0.15) is 30.9 Å². The van der Waals surface area contributed by atoms with Gasteiger partial charge in [-0.1, -0.05) is 25.1 Å². The second-order valence-corrected chi connectivity index (χ2v) is 4.09. The molecule has 2 nitrogen and oxygen atoms in total. The van der Waals surface area contributed by atoms with E-state index in [2.05, 4.69) is 0 Å². The van der Waals surface area contributed by atoms with Crippen LogP contribution < -0.4 is 4.74 Å². The van der Waals surface area contributed by atoms with Gasteiger partial charge in [-0.05, 0) is 24.5 Å². The lowest BCUT2D eigenvalue weighted by atomic mass is 10.0. The number of carbonyl (C=O) groups is 1. The van der Waals surface area contributed by atoms with Crippen LogP contribution in [-0.4, -0.2) is 11.9 Å². The van der Waals surface area contributed by atoms with Gasteiger partial charge in [-0.25, -0.2) is 0 Å². The predicted octanol–water partition coefficient (Wildman–Crippen LogP) is 2.67. The smallest absolute Gasteiger partial charge is 0.173 e. The molecule has 80 valence electrons. The van der Waals surface area contributed by atoms with E-state index in [1.165, 1.54) is 5.56 Å². The quantitative estimate of drug-likeness (QED) is 0.756. The van der Waals surface area contributed by atoms with E-state index in [-0.39, 0.29) is 11.9 Å². The van der Waals surface area contributed by atoms with Crippen molar-refractivity contribution in [3.63, 3.8) is 0 Å². The molecule has 0 saturated heterocycles.